The fourth-order valence-corrected chi connectivity index (χ4v) is 1.97. The van der Waals surface area contributed by atoms with E-state index in [1.165, 1.54) is 36.3 Å². The van der Waals surface area contributed by atoms with Gasteiger partial charge in [0.2, 0.25) is 0 Å². The molecule has 8 heteroatoms. The first kappa shape index (κ1) is 18.9. The summed E-state index contributed by atoms with van der Waals surface area (Å²) in [6.45, 7) is 0. The van der Waals surface area contributed by atoms with E-state index >= 15 is 0 Å². The number of para-hydroxylation sites is 1. The van der Waals surface area contributed by atoms with Crippen molar-refractivity contribution in [3.05, 3.63) is 72.4 Å². The minimum absolute atomic E-state index is 0.0897. The minimum Gasteiger partial charge on any atom is -0.416 e. The number of nitrogens with zero attached hydrogens (tertiary/aromatic N) is 1. The number of carbonyl (C=O) groups is 2. The molecule has 0 aliphatic carbocycles. The van der Waals surface area contributed by atoms with Crippen LogP contribution < -0.4 is 15.7 Å². The number of halogens is 1. The molecule has 136 valence electrons. The van der Waals surface area contributed by atoms with E-state index in [0.29, 0.717) is 11.4 Å². The summed E-state index contributed by atoms with van der Waals surface area (Å²) in [5, 5.41) is 2.40. The van der Waals surface area contributed by atoms with Crippen molar-refractivity contribution in [3.63, 3.8) is 0 Å². The summed E-state index contributed by atoms with van der Waals surface area (Å²) in [6.07, 6.45) is 0.0894. The first-order chi connectivity index (χ1) is 12.5. The number of ether oxygens (including phenoxy) is 1. The molecule has 0 radical (unpaired) electrons. The van der Waals surface area contributed by atoms with Gasteiger partial charge in [-0.2, -0.15) is 0 Å². The van der Waals surface area contributed by atoms with Gasteiger partial charge in [-0.3, -0.25) is 20.4 Å². The Hall–Kier alpha value is -3.39. The van der Waals surface area contributed by atoms with Crippen LogP contribution in [0.2, 0.25) is 0 Å². The van der Waals surface area contributed by atoms with Gasteiger partial charge in [-0.15, -0.1) is 0 Å². The van der Waals surface area contributed by atoms with E-state index < -0.39 is 17.8 Å². The quantitative estimate of drug-likeness (QED) is 0.471. The lowest BCUT2D eigenvalue weighted by molar-refractivity contribution is -0.116. The highest BCUT2D eigenvalue weighted by atomic mass is 19.1. The summed E-state index contributed by atoms with van der Waals surface area (Å²) in [6, 6.07) is 14.1. The lowest BCUT2D eigenvalue weighted by atomic mass is 10.3. The predicted octanol–water partition coefficient (Wildman–Crippen LogP) is 3.03. The molecule has 2 rings (SSSR count). The van der Waals surface area contributed by atoms with Crippen LogP contribution in [0.25, 0.3) is 0 Å². The van der Waals surface area contributed by atoms with Gasteiger partial charge in [-0.25, -0.2) is 9.18 Å². The second kappa shape index (κ2) is 9.19. The van der Waals surface area contributed by atoms with Gasteiger partial charge < -0.3 is 9.64 Å². The Morgan fingerprint density at radius 3 is 2.35 bits per heavy atom. The number of benzene rings is 2. The van der Waals surface area contributed by atoms with Gasteiger partial charge in [0, 0.05) is 18.4 Å². The molecular weight excluding hydrogens is 341 g/mol. The SMILES string of the molecule is CONC(=COC(=O)Nc1ccc(F)cc1)C(=O)N(C)c1ccccc1. The zero-order chi connectivity index (χ0) is 18.9. The maximum Gasteiger partial charge on any atom is 0.416 e. The fraction of sp³-hybridized carbons (Fsp3) is 0.111. The summed E-state index contributed by atoms with van der Waals surface area (Å²) in [5.41, 5.74) is 3.28. The number of anilines is 2. The topological polar surface area (TPSA) is 79.9 Å². The Balaban J connectivity index is 2.04. The number of nitrogens with one attached hydrogen (secondary N) is 2. The van der Waals surface area contributed by atoms with Crippen LogP contribution in [-0.2, 0) is 14.4 Å². The lowest BCUT2D eigenvalue weighted by Gasteiger charge is -2.19. The molecule has 0 bridgehead atoms. The second-order valence-electron chi connectivity index (χ2n) is 5.07. The van der Waals surface area contributed by atoms with Crippen LogP contribution in [0.5, 0.6) is 0 Å². The van der Waals surface area contributed by atoms with Gasteiger partial charge in [0.1, 0.15) is 12.1 Å². The molecule has 0 aromatic heterocycles. The van der Waals surface area contributed by atoms with Crippen LogP contribution in [-0.4, -0.2) is 26.2 Å². The Bertz CT molecular complexity index is 779. The molecule has 7 nitrogen and oxygen atoms in total. The standard InChI is InChI=1S/C18H18FN3O4/c1-22(15-6-4-3-5-7-15)17(23)16(21-25-2)12-26-18(24)20-14-10-8-13(19)9-11-14/h3-12,21H,1-2H3,(H,20,24). The van der Waals surface area contributed by atoms with Crippen molar-refractivity contribution in [3.8, 4) is 0 Å². The van der Waals surface area contributed by atoms with Crippen LogP contribution in [0.4, 0.5) is 20.6 Å². The van der Waals surface area contributed by atoms with Gasteiger partial charge in [-0.05, 0) is 36.4 Å². The van der Waals surface area contributed by atoms with Crippen molar-refractivity contribution < 1.29 is 23.6 Å². The Labute approximate surface area is 150 Å². The minimum atomic E-state index is -0.845. The summed E-state index contributed by atoms with van der Waals surface area (Å²) < 4.78 is 17.8. The van der Waals surface area contributed by atoms with Gasteiger partial charge >= 0.3 is 6.09 Å². The molecular formula is C18H18FN3O4. The molecule has 0 unspecified atom stereocenters. The Morgan fingerprint density at radius 2 is 1.73 bits per heavy atom. The van der Waals surface area contributed by atoms with E-state index in [-0.39, 0.29) is 5.70 Å². The van der Waals surface area contributed by atoms with E-state index in [9.17, 15) is 14.0 Å². The van der Waals surface area contributed by atoms with Gasteiger partial charge in [0.15, 0.2) is 5.70 Å². The first-order valence-corrected chi connectivity index (χ1v) is 7.56. The normalized spacial score (nSPS) is 10.8. The van der Waals surface area contributed by atoms with Crippen molar-refractivity contribution >= 4 is 23.4 Å². The zero-order valence-electron chi connectivity index (χ0n) is 14.2. The highest BCUT2D eigenvalue weighted by Crippen LogP contribution is 2.14. The molecule has 2 aromatic carbocycles. The third-order valence-electron chi connectivity index (χ3n) is 3.26. The average molecular weight is 359 g/mol. The molecule has 0 fully saturated rings. The van der Waals surface area contributed by atoms with Crippen molar-refractivity contribution in [1.82, 2.24) is 5.48 Å². The number of rotatable bonds is 6. The molecule has 0 aliphatic heterocycles. The third-order valence-corrected chi connectivity index (χ3v) is 3.26. The molecule has 0 saturated carbocycles. The molecule has 0 aliphatic rings. The zero-order valence-corrected chi connectivity index (χ0v) is 14.2. The lowest BCUT2D eigenvalue weighted by Crippen LogP contribution is -2.33. The predicted molar refractivity (Wildman–Crippen MR) is 94.6 cm³/mol. The van der Waals surface area contributed by atoms with Crippen LogP contribution in [0.1, 0.15) is 0 Å². The molecule has 0 saturated heterocycles. The van der Waals surface area contributed by atoms with Crippen molar-refractivity contribution in [2.24, 2.45) is 0 Å². The van der Waals surface area contributed by atoms with E-state index in [4.69, 9.17) is 9.57 Å². The second-order valence-corrected chi connectivity index (χ2v) is 5.07. The van der Waals surface area contributed by atoms with E-state index in [0.717, 1.165) is 6.26 Å². The largest absolute Gasteiger partial charge is 0.416 e. The summed E-state index contributed by atoms with van der Waals surface area (Å²) in [4.78, 5) is 30.4. The maximum atomic E-state index is 12.8. The number of carbonyl (C=O) groups excluding carboxylic acids is 2. The number of hydroxylamine groups is 1. The Kier molecular flexibility index (Phi) is 6.69. The van der Waals surface area contributed by atoms with Crippen molar-refractivity contribution in [1.29, 1.82) is 0 Å². The van der Waals surface area contributed by atoms with E-state index in [1.54, 1.807) is 31.3 Å². The molecule has 2 amide bonds. The molecule has 0 heterocycles. The monoisotopic (exact) mass is 359 g/mol. The average Bonchev–Trinajstić information content (AvgIpc) is 2.66. The van der Waals surface area contributed by atoms with Crippen LogP contribution >= 0.6 is 0 Å². The van der Waals surface area contributed by atoms with Crippen molar-refractivity contribution in [2.75, 3.05) is 24.4 Å². The highest BCUT2D eigenvalue weighted by molar-refractivity contribution is 6.04. The summed E-state index contributed by atoms with van der Waals surface area (Å²) in [5.74, 6) is -0.905. The Morgan fingerprint density at radius 1 is 1.08 bits per heavy atom. The van der Waals surface area contributed by atoms with Gasteiger partial charge in [0.05, 0.1) is 7.11 Å². The third kappa shape index (κ3) is 5.32. The van der Waals surface area contributed by atoms with Gasteiger partial charge in [0.25, 0.3) is 5.91 Å². The summed E-state index contributed by atoms with van der Waals surface area (Å²) in [7, 11) is 2.89. The van der Waals surface area contributed by atoms with Crippen LogP contribution in [0.15, 0.2) is 66.6 Å². The smallest absolute Gasteiger partial charge is 0.416 e. The van der Waals surface area contributed by atoms with Crippen molar-refractivity contribution in [2.45, 2.75) is 0 Å². The van der Waals surface area contributed by atoms with Crippen LogP contribution in [0, 0.1) is 5.82 Å². The molecule has 26 heavy (non-hydrogen) atoms. The highest BCUT2D eigenvalue weighted by Gasteiger charge is 2.17. The van der Waals surface area contributed by atoms with E-state index in [1.807, 2.05) is 6.07 Å². The summed E-state index contributed by atoms with van der Waals surface area (Å²) >= 11 is 0. The van der Waals surface area contributed by atoms with E-state index in [2.05, 4.69) is 10.8 Å². The molecule has 2 N–H and O–H groups in total. The van der Waals surface area contributed by atoms with Crippen LogP contribution in [0.3, 0.4) is 0 Å². The number of likely N-dealkylation sites (N-methyl/N-ethyl adjacent to an activating group) is 1. The van der Waals surface area contributed by atoms with Gasteiger partial charge in [-0.1, -0.05) is 18.2 Å². The molecule has 0 atom stereocenters. The molecule has 2 aromatic rings. The number of hydrogen-bond acceptors (Lipinski definition) is 5. The first-order valence-electron chi connectivity index (χ1n) is 7.56. The number of amides is 2. The molecule has 0 spiro atoms. The maximum absolute atomic E-state index is 12.8. The fourth-order valence-electron chi connectivity index (χ4n) is 1.97. The number of hydrogen-bond donors (Lipinski definition) is 2.